The third-order valence-electron chi connectivity index (χ3n) is 3.59. The van der Waals surface area contributed by atoms with Gasteiger partial charge in [-0.2, -0.15) is 0 Å². The van der Waals surface area contributed by atoms with Crippen molar-refractivity contribution in [2.75, 3.05) is 11.9 Å². The van der Waals surface area contributed by atoms with Gasteiger partial charge in [0, 0.05) is 15.2 Å². The van der Waals surface area contributed by atoms with Crippen LogP contribution in [-0.2, 0) is 4.79 Å². The number of benzene rings is 2. The molecule has 0 bridgehead atoms. The molecule has 0 spiro atoms. The maximum atomic E-state index is 12.0. The molecule has 0 saturated heterocycles. The van der Waals surface area contributed by atoms with E-state index in [1.54, 1.807) is 18.2 Å². The van der Waals surface area contributed by atoms with Crippen molar-refractivity contribution in [1.82, 2.24) is 10.6 Å². The van der Waals surface area contributed by atoms with Crippen LogP contribution in [0.15, 0.2) is 46.9 Å². The maximum absolute atomic E-state index is 12.0. The van der Waals surface area contributed by atoms with Crippen LogP contribution < -0.4 is 16.0 Å². The minimum Gasteiger partial charge on any atom is -0.332 e. The number of urea groups is 1. The summed E-state index contributed by atoms with van der Waals surface area (Å²) in [6.45, 7) is 3.64. The summed E-state index contributed by atoms with van der Waals surface area (Å²) < 4.78 is 0.941. The monoisotopic (exact) mass is 423 g/mol. The summed E-state index contributed by atoms with van der Waals surface area (Å²) in [5.41, 5.74) is 2.57. The Bertz CT molecular complexity index is 765. The summed E-state index contributed by atoms with van der Waals surface area (Å²) in [4.78, 5) is 23.9. The summed E-state index contributed by atoms with van der Waals surface area (Å²) in [6.07, 6.45) is 0. The second-order valence-electron chi connectivity index (χ2n) is 5.61. The molecule has 0 aliphatic carbocycles. The smallest absolute Gasteiger partial charge is 0.315 e. The van der Waals surface area contributed by atoms with Gasteiger partial charge in [0.05, 0.1) is 12.6 Å². The van der Waals surface area contributed by atoms with E-state index < -0.39 is 6.03 Å². The summed E-state index contributed by atoms with van der Waals surface area (Å²) in [5.74, 6) is -0.292. The van der Waals surface area contributed by atoms with Gasteiger partial charge >= 0.3 is 6.03 Å². The molecule has 1 atom stereocenters. The summed E-state index contributed by atoms with van der Waals surface area (Å²) in [7, 11) is 0. The highest BCUT2D eigenvalue weighted by Crippen LogP contribution is 2.20. The maximum Gasteiger partial charge on any atom is 0.315 e. The first kappa shape index (κ1) is 19.3. The van der Waals surface area contributed by atoms with Gasteiger partial charge in [-0.3, -0.25) is 4.79 Å². The standard InChI is InChI=1S/C18H19BrClN3O2/c1-11-9-14(19)5-8-16(11)23-17(24)10-21-18(25)22-12(2)13-3-6-15(20)7-4-13/h3-9,12H,10H2,1-2H3,(H,23,24)(H2,21,22,25). The molecule has 0 radical (unpaired) electrons. The highest BCUT2D eigenvalue weighted by molar-refractivity contribution is 9.10. The molecule has 0 saturated carbocycles. The molecule has 0 fully saturated rings. The van der Waals surface area contributed by atoms with Crippen LogP contribution in [0.3, 0.4) is 0 Å². The third kappa shape index (κ3) is 6.07. The highest BCUT2D eigenvalue weighted by Gasteiger charge is 2.11. The molecule has 0 heterocycles. The van der Waals surface area contributed by atoms with Crippen LogP contribution in [0, 0.1) is 6.92 Å². The molecule has 3 N–H and O–H groups in total. The van der Waals surface area contributed by atoms with Crippen LogP contribution in [0.4, 0.5) is 10.5 Å². The second-order valence-corrected chi connectivity index (χ2v) is 6.96. The average molecular weight is 425 g/mol. The van der Waals surface area contributed by atoms with Crippen molar-refractivity contribution < 1.29 is 9.59 Å². The highest BCUT2D eigenvalue weighted by atomic mass is 79.9. The van der Waals surface area contributed by atoms with E-state index in [4.69, 9.17) is 11.6 Å². The molecule has 1 unspecified atom stereocenters. The average Bonchev–Trinajstić information content (AvgIpc) is 2.56. The van der Waals surface area contributed by atoms with Gasteiger partial charge in [-0.05, 0) is 55.3 Å². The zero-order valence-corrected chi connectivity index (χ0v) is 16.2. The lowest BCUT2D eigenvalue weighted by molar-refractivity contribution is -0.115. The van der Waals surface area contributed by atoms with Crippen molar-refractivity contribution in [2.24, 2.45) is 0 Å². The largest absolute Gasteiger partial charge is 0.332 e. The van der Waals surface area contributed by atoms with Gasteiger partial charge in [0.25, 0.3) is 0 Å². The number of carbonyl (C=O) groups excluding carboxylic acids is 2. The van der Waals surface area contributed by atoms with Crippen LogP contribution >= 0.6 is 27.5 Å². The number of hydrogen-bond acceptors (Lipinski definition) is 2. The van der Waals surface area contributed by atoms with E-state index in [1.165, 1.54) is 0 Å². The SMILES string of the molecule is Cc1cc(Br)ccc1NC(=O)CNC(=O)NC(C)c1ccc(Cl)cc1. The van der Waals surface area contributed by atoms with Crippen LogP contribution in [0.25, 0.3) is 0 Å². The molecule has 132 valence electrons. The fourth-order valence-electron chi connectivity index (χ4n) is 2.20. The number of amides is 3. The van der Waals surface area contributed by atoms with Crippen molar-refractivity contribution in [2.45, 2.75) is 19.9 Å². The van der Waals surface area contributed by atoms with E-state index in [-0.39, 0.29) is 18.5 Å². The molecule has 0 aliphatic rings. The fourth-order valence-corrected chi connectivity index (χ4v) is 2.81. The predicted molar refractivity (Wildman–Crippen MR) is 104 cm³/mol. The quantitative estimate of drug-likeness (QED) is 0.665. The lowest BCUT2D eigenvalue weighted by Crippen LogP contribution is -2.41. The lowest BCUT2D eigenvalue weighted by atomic mass is 10.1. The van der Waals surface area contributed by atoms with Crippen molar-refractivity contribution in [1.29, 1.82) is 0 Å². The van der Waals surface area contributed by atoms with Crippen LogP contribution in [0.5, 0.6) is 0 Å². The number of rotatable bonds is 5. The van der Waals surface area contributed by atoms with E-state index in [1.807, 2.05) is 38.1 Å². The first-order valence-corrected chi connectivity index (χ1v) is 8.88. The van der Waals surface area contributed by atoms with Crippen LogP contribution in [-0.4, -0.2) is 18.5 Å². The van der Waals surface area contributed by atoms with E-state index in [9.17, 15) is 9.59 Å². The van der Waals surface area contributed by atoms with Gasteiger partial charge in [0.2, 0.25) is 5.91 Å². The van der Waals surface area contributed by atoms with Gasteiger partial charge in [0.1, 0.15) is 0 Å². The van der Waals surface area contributed by atoms with Crippen LogP contribution in [0.1, 0.15) is 24.1 Å². The number of aryl methyl sites for hydroxylation is 1. The van der Waals surface area contributed by atoms with Crippen molar-refractivity contribution in [3.05, 3.63) is 63.1 Å². The Kier molecular flexibility index (Phi) is 6.84. The molecular weight excluding hydrogens is 406 g/mol. The molecule has 25 heavy (non-hydrogen) atoms. The van der Waals surface area contributed by atoms with E-state index in [0.29, 0.717) is 10.7 Å². The Labute approximate surface area is 160 Å². The van der Waals surface area contributed by atoms with Crippen molar-refractivity contribution in [3.8, 4) is 0 Å². The normalized spacial score (nSPS) is 11.5. The number of anilines is 1. The van der Waals surface area contributed by atoms with E-state index in [2.05, 4.69) is 31.9 Å². The third-order valence-corrected chi connectivity index (χ3v) is 4.33. The van der Waals surface area contributed by atoms with E-state index in [0.717, 1.165) is 15.6 Å². The molecule has 7 heteroatoms. The summed E-state index contributed by atoms with van der Waals surface area (Å²) in [6, 6.07) is 12.2. The van der Waals surface area contributed by atoms with Gasteiger partial charge < -0.3 is 16.0 Å². The number of halogens is 2. The zero-order chi connectivity index (χ0) is 18.4. The lowest BCUT2D eigenvalue weighted by Gasteiger charge is -2.15. The zero-order valence-electron chi connectivity index (χ0n) is 13.9. The second kappa shape index (κ2) is 8.87. The first-order valence-electron chi connectivity index (χ1n) is 7.71. The van der Waals surface area contributed by atoms with Crippen molar-refractivity contribution in [3.63, 3.8) is 0 Å². The molecule has 2 rings (SSSR count). The Balaban J connectivity index is 1.80. The molecule has 3 amide bonds. The summed E-state index contributed by atoms with van der Waals surface area (Å²) in [5, 5.41) is 8.73. The number of hydrogen-bond donors (Lipinski definition) is 3. The minimum absolute atomic E-state index is 0.116. The minimum atomic E-state index is -0.412. The topological polar surface area (TPSA) is 70.2 Å². The predicted octanol–water partition coefficient (Wildman–Crippen LogP) is 4.41. The van der Waals surface area contributed by atoms with Gasteiger partial charge in [-0.25, -0.2) is 4.79 Å². The Hall–Kier alpha value is -2.05. The number of carbonyl (C=O) groups is 2. The van der Waals surface area contributed by atoms with E-state index >= 15 is 0 Å². The Morgan fingerprint density at radius 1 is 1.16 bits per heavy atom. The fraction of sp³-hybridized carbons (Fsp3) is 0.222. The molecular formula is C18H19BrClN3O2. The van der Waals surface area contributed by atoms with Crippen molar-refractivity contribution >= 4 is 45.2 Å². The number of nitrogens with one attached hydrogen (secondary N) is 3. The van der Waals surface area contributed by atoms with Gasteiger partial charge in [-0.1, -0.05) is 39.7 Å². The first-order chi connectivity index (χ1) is 11.8. The molecule has 0 aliphatic heterocycles. The molecule has 0 aromatic heterocycles. The molecule has 2 aromatic rings. The Morgan fingerprint density at radius 3 is 2.48 bits per heavy atom. The molecule has 2 aromatic carbocycles. The van der Waals surface area contributed by atoms with Gasteiger partial charge in [-0.15, -0.1) is 0 Å². The Morgan fingerprint density at radius 2 is 1.84 bits per heavy atom. The molecule has 5 nitrogen and oxygen atoms in total. The van der Waals surface area contributed by atoms with Crippen LogP contribution in [0.2, 0.25) is 5.02 Å². The summed E-state index contributed by atoms with van der Waals surface area (Å²) >= 11 is 9.22. The van der Waals surface area contributed by atoms with Gasteiger partial charge in [0.15, 0.2) is 0 Å².